The number of benzene rings is 2. The maximum Gasteiger partial charge on any atom is 0.234 e. The van der Waals surface area contributed by atoms with Crippen LogP contribution in [0.5, 0.6) is 0 Å². The van der Waals surface area contributed by atoms with E-state index in [4.69, 9.17) is 23.2 Å². The Labute approximate surface area is 202 Å². The molecule has 0 unspecified atom stereocenters. The first-order valence-corrected chi connectivity index (χ1v) is 12.4. The molecule has 0 atom stereocenters. The number of nitrogens with zero attached hydrogens (tertiary/aromatic N) is 4. The smallest absolute Gasteiger partial charge is 0.234 e. The minimum atomic E-state index is -0.161. The molecule has 1 fully saturated rings. The normalized spacial score (nSPS) is 14.4. The summed E-state index contributed by atoms with van der Waals surface area (Å²) >= 11 is 13.5. The maximum atomic E-state index is 12.5. The second-order valence-corrected chi connectivity index (χ2v) is 9.55. The quantitative estimate of drug-likeness (QED) is 0.432. The highest BCUT2D eigenvalue weighted by atomic mass is 35.5. The molecule has 1 aromatic heterocycles. The highest BCUT2D eigenvalue weighted by Crippen LogP contribution is 2.26. The van der Waals surface area contributed by atoms with Gasteiger partial charge in [-0.15, -0.1) is 10.2 Å². The molecule has 0 radical (unpaired) electrons. The fourth-order valence-electron chi connectivity index (χ4n) is 3.69. The molecule has 2 heterocycles. The number of hydrogen-bond acceptors (Lipinski definition) is 5. The zero-order valence-corrected chi connectivity index (χ0v) is 20.0. The minimum Gasteiger partial charge on any atom is -0.324 e. The highest BCUT2D eigenvalue weighted by molar-refractivity contribution is 7.99. The average molecular weight is 490 g/mol. The van der Waals surface area contributed by atoms with Crippen LogP contribution in [-0.2, 0) is 17.9 Å². The van der Waals surface area contributed by atoms with E-state index in [9.17, 15) is 4.79 Å². The second-order valence-electron chi connectivity index (χ2n) is 7.77. The van der Waals surface area contributed by atoms with E-state index in [0.717, 1.165) is 30.6 Å². The van der Waals surface area contributed by atoms with Crippen molar-refractivity contribution in [3.63, 3.8) is 0 Å². The van der Waals surface area contributed by atoms with Crippen LogP contribution in [0.3, 0.4) is 0 Å². The van der Waals surface area contributed by atoms with Crippen molar-refractivity contribution in [2.75, 3.05) is 24.2 Å². The number of anilines is 1. The zero-order valence-electron chi connectivity index (χ0n) is 17.6. The summed E-state index contributed by atoms with van der Waals surface area (Å²) in [6, 6.07) is 15.2. The topological polar surface area (TPSA) is 63.1 Å². The van der Waals surface area contributed by atoms with E-state index in [2.05, 4.69) is 37.1 Å². The number of aromatic nitrogens is 3. The number of nitrogens with one attached hydrogen (secondary N) is 1. The van der Waals surface area contributed by atoms with Crippen LogP contribution in [0.4, 0.5) is 5.69 Å². The number of likely N-dealkylation sites (tertiary alicyclic amines) is 1. The predicted molar refractivity (Wildman–Crippen MR) is 131 cm³/mol. The fourth-order valence-corrected chi connectivity index (χ4v) is 4.90. The van der Waals surface area contributed by atoms with Crippen LogP contribution in [0, 0.1) is 0 Å². The summed E-state index contributed by atoms with van der Waals surface area (Å²) in [5, 5.41) is 13.4. The Hall–Kier alpha value is -2.06. The lowest BCUT2D eigenvalue weighted by molar-refractivity contribution is -0.113. The number of carbonyl (C=O) groups excluding carboxylic acids is 1. The number of amides is 1. The van der Waals surface area contributed by atoms with Crippen LogP contribution in [0.25, 0.3) is 0 Å². The van der Waals surface area contributed by atoms with Crippen molar-refractivity contribution in [3.8, 4) is 0 Å². The van der Waals surface area contributed by atoms with Crippen molar-refractivity contribution in [1.29, 1.82) is 0 Å². The molecular weight excluding hydrogens is 465 g/mol. The largest absolute Gasteiger partial charge is 0.324 e. The first kappa shape index (κ1) is 23.1. The van der Waals surface area contributed by atoms with Crippen molar-refractivity contribution in [1.82, 2.24) is 19.7 Å². The molecular formula is C23H25Cl2N5OS. The minimum absolute atomic E-state index is 0.161. The third kappa shape index (κ3) is 6.25. The highest BCUT2D eigenvalue weighted by Gasteiger charge is 2.19. The molecule has 1 aliphatic rings. The first-order chi connectivity index (χ1) is 15.6. The molecule has 3 aromatic rings. The van der Waals surface area contributed by atoms with Crippen molar-refractivity contribution in [2.45, 2.75) is 37.5 Å². The van der Waals surface area contributed by atoms with Gasteiger partial charge >= 0.3 is 0 Å². The number of thioether (sulfide) groups is 1. The van der Waals surface area contributed by atoms with Gasteiger partial charge in [0.15, 0.2) is 5.16 Å². The van der Waals surface area contributed by atoms with E-state index in [0.29, 0.717) is 22.3 Å². The van der Waals surface area contributed by atoms with Gasteiger partial charge in [0.2, 0.25) is 5.91 Å². The van der Waals surface area contributed by atoms with Crippen LogP contribution in [0.15, 0.2) is 53.7 Å². The molecule has 0 spiro atoms. The third-order valence-electron chi connectivity index (χ3n) is 5.33. The monoisotopic (exact) mass is 489 g/mol. The Balaban J connectivity index is 1.46. The van der Waals surface area contributed by atoms with E-state index in [-0.39, 0.29) is 11.7 Å². The van der Waals surface area contributed by atoms with Gasteiger partial charge in [-0.1, -0.05) is 71.7 Å². The summed E-state index contributed by atoms with van der Waals surface area (Å²) in [4.78, 5) is 15.0. The van der Waals surface area contributed by atoms with Gasteiger partial charge in [-0.05, 0) is 49.7 Å². The molecule has 1 aliphatic heterocycles. The number of halogens is 2. The van der Waals surface area contributed by atoms with Crippen LogP contribution in [0.1, 0.15) is 30.7 Å². The van der Waals surface area contributed by atoms with E-state index < -0.39 is 0 Å². The third-order valence-corrected chi connectivity index (χ3v) is 6.84. The Morgan fingerprint density at radius 1 is 1.00 bits per heavy atom. The van der Waals surface area contributed by atoms with Gasteiger partial charge in [-0.25, -0.2) is 0 Å². The molecule has 2 aromatic carbocycles. The summed E-state index contributed by atoms with van der Waals surface area (Å²) in [5.41, 5.74) is 1.71. The summed E-state index contributed by atoms with van der Waals surface area (Å²) in [7, 11) is 0. The van der Waals surface area contributed by atoms with E-state index in [1.54, 1.807) is 18.2 Å². The molecule has 9 heteroatoms. The Kier molecular flexibility index (Phi) is 8.08. The average Bonchev–Trinajstić information content (AvgIpc) is 3.16. The van der Waals surface area contributed by atoms with E-state index >= 15 is 0 Å². The lowest BCUT2D eigenvalue weighted by atomic mass is 10.1. The zero-order chi connectivity index (χ0) is 22.3. The fraction of sp³-hybridized carbons (Fsp3) is 0.348. The molecule has 32 heavy (non-hydrogen) atoms. The Morgan fingerprint density at radius 3 is 2.53 bits per heavy atom. The summed E-state index contributed by atoms with van der Waals surface area (Å²) in [6.07, 6.45) is 3.74. The van der Waals surface area contributed by atoms with Crippen LogP contribution in [0.2, 0.25) is 10.0 Å². The summed E-state index contributed by atoms with van der Waals surface area (Å²) in [6.45, 7) is 3.62. The summed E-state index contributed by atoms with van der Waals surface area (Å²) < 4.78 is 2.12. The van der Waals surface area contributed by atoms with Gasteiger partial charge in [-0.2, -0.15) is 0 Å². The van der Waals surface area contributed by atoms with Gasteiger partial charge in [-0.3, -0.25) is 9.69 Å². The maximum absolute atomic E-state index is 12.5. The molecule has 0 aliphatic carbocycles. The summed E-state index contributed by atoms with van der Waals surface area (Å²) in [5.74, 6) is 0.973. The van der Waals surface area contributed by atoms with Gasteiger partial charge in [0.1, 0.15) is 5.82 Å². The van der Waals surface area contributed by atoms with Gasteiger partial charge < -0.3 is 9.88 Å². The molecule has 168 valence electrons. The van der Waals surface area contributed by atoms with E-state index in [1.807, 2.05) is 18.2 Å². The lowest BCUT2D eigenvalue weighted by Crippen LogP contribution is -2.30. The number of hydrogen-bond donors (Lipinski definition) is 1. The van der Waals surface area contributed by atoms with Crippen LogP contribution < -0.4 is 5.32 Å². The van der Waals surface area contributed by atoms with Crippen molar-refractivity contribution in [3.05, 3.63) is 70.0 Å². The van der Waals surface area contributed by atoms with Gasteiger partial charge in [0.05, 0.1) is 29.6 Å². The van der Waals surface area contributed by atoms with Gasteiger partial charge in [0, 0.05) is 5.02 Å². The lowest BCUT2D eigenvalue weighted by Gasteiger charge is -2.26. The molecule has 0 bridgehead atoms. The number of piperidine rings is 1. The van der Waals surface area contributed by atoms with Crippen LogP contribution in [-0.4, -0.2) is 44.4 Å². The first-order valence-electron chi connectivity index (χ1n) is 10.6. The van der Waals surface area contributed by atoms with Crippen LogP contribution >= 0.6 is 35.0 Å². The van der Waals surface area contributed by atoms with Crippen molar-refractivity contribution >= 4 is 46.6 Å². The molecule has 1 amide bonds. The molecule has 0 saturated carbocycles. The molecule has 1 N–H and O–H groups in total. The second kappa shape index (κ2) is 11.2. The van der Waals surface area contributed by atoms with E-state index in [1.165, 1.54) is 36.6 Å². The van der Waals surface area contributed by atoms with Gasteiger partial charge in [0.25, 0.3) is 0 Å². The standard InChI is InChI=1S/C23H25Cl2N5OS/c24-18-9-10-20(19(25)13-18)26-22(31)16-32-23-28-27-21(15-29-11-5-2-6-12-29)30(23)14-17-7-3-1-4-8-17/h1,3-4,7-10,13H,2,5-6,11-12,14-16H2,(H,26,31). The Morgan fingerprint density at radius 2 is 1.78 bits per heavy atom. The predicted octanol–water partition coefficient (Wildman–Crippen LogP) is 5.35. The molecule has 1 saturated heterocycles. The number of carbonyl (C=O) groups is 1. The molecule has 6 nitrogen and oxygen atoms in total. The van der Waals surface area contributed by atoms with Crippen molar-refractivity contribution < 1.29 is 4.79 Å². The SMILES string of the molecule is O=C(CSc1nnc(CN2CCCCC2)n1Cc1ccccc1)Nc1ccc(Cl)cc1Cl. The number of rotatable bonds is 8. The molecule has 4 rings (SSSR count). The van der Waals surface area contributed by atoms with Crippen molar-refractivity contribution in [2.24, 2.45) is 0 Å². The Bertz CT molecular complexity index is 1050.